The Morgan fingerprint density at radius 1 is 1.06 bits per heavy atom. The molecule has 2 N–H and O–H groups in total. The monoisotopic (exact) mass is 225 g/mol. The fraction of sp³-hybridized carbons (Fsp3) is 0. The molecule has 0 aliphatic rings. The molecule has 84 valence electrons. The van der Waals surface area contributed by atoms with E-state index in [2.05, 4.69) is 4.98 Å². The number of pyridine rings is 1. The summed E-state index contributed by atoms with van der Waals surface area (Å²) in [7, 11) is 0. The molecular formula is C11H9F2NO2. The third-order valence-electron chi connectivity index (χ3n) is 1.56. The molecule has 0 aliphatic heterocycles. The summed E-state index contributed by atoms with van der Waals surface area (Å²) < 4.78 is 24.1. The minimum atomic E-state index is -0.935. The maximum absolute atomic E-state index is 12.1. The second kappa shape index (κ2) is 5.65. The minimum absolute atomic E-state index is 0.211. The van der Waals surface area contributed by atoms with Crippen molar-refractivity contribution in [3.63, 3.8) is 0 Å². The van der Waals surface area contributed by atoms with Gasteiger partial charge in [-0.3, -0.25) is 4.98 Å². The van der Waals surface area contributed by atoms with Crippen molar-refractivity contribution >= 4 is 0 Å². The predicted molar refractivity (Wildman–Crippen MR) is 53.9 cm³/mol. The average molecular weight is 225 g/mol. The van der Waals surface area contributed by atoms with Crippen molar-refractivity contribution in [2.75, 3.05) is 0 Å². The van der Waals surface area contributed by atoms with Crippen LogP contribution in [0.4, 0.5) is 8.78 Å². The highest BCUT2D eigenvalue weighted by Crippen LogP contribution is 2.14. The highest BCUT2D eigenvalue weighted by molar-refractivity contribution is 5.22. The summed E-state index contributed by atoms with van der Waals surface area (Å²) in [6, 6.07) is 5.82. The quantitative estimate of drug-likeness (QED) is 0.724. The van der Waals surface area contributed by atoms with Crippen molar-refractivity contribution in [2.45, 2.75) is 0 Å². The summed E-state index contributed by atoms with van der Waals surface area (Å²) in [5.41, 5.74) is 0. The Morgan fingerprint density at radius 2 is 1.81 bits per heavy atom. The van der Waals surface area contributed by atoms with Crippen LogP contribution in [0.15, 0.2) is 42.7 Å². The van der Waals surface area contributed by atoms with E-state index in [-0.39, 0.29) is 5.75 Å². The molecule has 0 unspecified atom stereocenters. The van der Waals surface area contributed by atoms with Gasteiger partial charge in [0.25, 0.3) is 0 Å². The Hall–Kier alpha value is -2.17. The molecule has 0 fully saturated rings. The van der Waals surface area contributed by atoms with Gasteiger partial charge in [0.2, 0.25) is 0 Å². The van der Waals surface area contributed by atoms with Crippen molar-refractivity contribution < 1.29 is 19.0 Å². The van der Waals surface area contributed by atoms with Gasteiger partial charge >= 0.3 is 0 Å². The summed E-state index contributed by atoms with van der Waals surface area (Å²) in [5.74, 6) is -1.95. The van der Waals surface area contributed by atoms with Crippen LogP contribution in [-0.4, -0.2) is 15.2 Å². The molecule has 1 heterocycles. The molecule has 0 spiro atoms. The normalized spacial score (nSPS) is 9.12. The van der Waals surface area contributed by atoms with Crippen LogP contribution in [0.2, 0.25) is 0 Å². The van der Waals surface area contributed by atoms with E-state index in [0.717, 1.165) is 12.1 Å². The van der Waals surface area contributed by atoms with Crippen LogP contribution in [0.5, 0.6) is 11.5 Å². The molecular weight excluding hydrogens is 216 g/mol. The van der Waals surface area contributed by atoms with Gasteiger partial charge in [-0.1, -0.05) is 0 Å². The van der Waals surface area contributed by atoms with Crippen LogP contribution >= 0.6 is 0 Å². The number of hydrogen-bond acceptors (Lipinski definition) is 3. The number of hydrogen-bond donors (Lipinski definition) is 2. The average Bonchev–Trinajstić information content (AvgIpc) is 2.26. The summed E-state index contributed by atoms with van der Waals surface area (Å²) in [6.07, 6.45) is 3.00. The number of phenols is 1. The lowest BCUT2D eigenvalue weighted by Gasteiger charge is -1.91. The molecule has 0 radical (unpaired) electrons. The van der Waals surface area contributed by atoms with Crippen LogP contribution in [0.1, 0.15) is 0 Å². The maximum atomic E-state index is 12.1. The van der Waals surface area contributed by atoms with Gasteiger partial charge < -0.3 is 10.2 Å². The SMILES string of the molecule is Oc1ccc(F)cc1F.Oc1cccnc1. The molecule has 0 saturated heterocycles. The van der Waals surface area contributed by atoms with E-state index < -0.39 is 17.4 Å². The first-order chi connectivity index (χ1) is 7.59. The lowest BCUT2D eigenvalue weighted by atomic mass is 10.3. The Kier molecular flexibility index (Phi) is 4.20. The molecule has 2 rings (SSSR count). The van der Waals surface area contributed by atoms with E-state index in [1.165, 1.54) is 6.20 Å². The van der Waals surface area contributed by atoms with E-state index in [1.54, 1.807) is 18.3 Å². The highest BCUT2D eigenvalue weighted by atomic mass is 19.1. The molecule has 0 atom stereocenters. The van der Waals surface area contributed by atoms with E-state index in [1.807, 2.05) is 0 Å². The Morgan fingerprint density at radius 3 is 2.19 bits per heavy atom. The van der Waals surface area contributed by atoms with E-state index >= 15 is 0 Å². The molecule has 0 bridgehead atoms. The second-order valence-electron chi connectivity index (χ2n) is 2.81. The number of aromatic hydroxyl groups is 2. The largest absolute Gasteiger partial charge is 0.506 e. The van der Waals surface area contributed by atoms with Crippen molar-refractivity contribution in [2.24, 2.45) is 0 Å². The zero-order chi connectivity index (χ0) is 12.0. The summed E-state index contributed by atoms with van der Waals surface area (Å²) in [6.45, 7) is 0. The Balaban J connectivity index is 0.000000165. The smallest absolute Gasteiger partial charge is 0.167 e. The fourth-order valence-electron chi connectivity index (χ4n) is 0.835. The molecule has 0 amide bonds. The molecule has 2 aromatic rings. The number of phenolic OH excluding ortho intramolecular Hbond substituents is 1. The van der Waals surface area contributed by atoms with Gasteiger partial charge in [0.1, 0.15) is 11.6 Å². The van der Waals surface area contributed by atoms with Crippen molar-refractivity contribution in [3.05, 3.63) is 54.4 Å². The van der Waals surface area contributed by atoms with Gasteiger partial charge in [-0.05, 0) is 24.3 Å². The van der Waals surface area contributed by atoms with Crippen LogP contribution in [-0.2, 0) is 0 Å². The first-order valence-electron chi connectivity index (χ1n) is 4.32. The molecule has 1 aromatic heterocycles. The first kappa shape index (κ1) is 11.9. The van der Waals surface area contributed by atoms with Gasteiger partial charge in [0.05, 0.1) is 6.20 Å². The van der Waals surface area contributed by atoms with Crippen molar-refractivity contribution in [3.8, 4) is 11.5 Å². The van der Waals surface area contributed by atoms with Gasteiger partial charge in [-0.2, -0.15) is 0 Å². The minimum Gasteiger partial charge on any atom is -0.506 e. The molecule has 5 heteroatoms. The van der Waals surface area contributed by atoms with E-state index in [4.69, 9.17) is 10.2 Å². The van der Waals surface area contributed by atoms with E-state index in [9.17, 15) is 8.78 Å². The maximum Gasteiger partial charge on any atom is 0.167 e. The molecule has 16 heavy (non-hydrogen) atoms. The number of rotatable bonds is 0. The highest BCUT2D eigenvalue weighted by Gasteiger charge is 1.98. The third kappa shape index (κ3) is 3.91. The number of aromatic nitrogens is 1. The molecule has 3 nitrogen and oxygen atoms in total. The van der Waals surface area contributed by atoms with Crippen molar-refractivity contribution in [1.82, 2.24) is 4.98 Å². The number of halogens is 2. The van der Waals surface area contributed by atoms with Crippen LogP contribution < -0.4 is 0 Å². The van der Waals surface area contributed by atoms with Crippen LogP contribution in [0.25, 0.3) is 0 Å². The molecule has 1 aromatic carbocycles. The first-order valence-corrected chi connectivity index (χ1v) is 4.32. The summed E-state index contributed by atoms with van der Waals surface area (Å²) >= 11 is 0. The number of nitrogens with zero attached hydrogens (tertiary/aromatic N) is 1. The van der Waals surface area contributed by atoms with E-state index in [0.29, 0.717) is 6.07 Å². The lowest BCUT2D eigenvalue weighted by Crippen LogP contribution is -1.77. The number of benzene rings is 1. The Bertz CT molecular complexity index is 449. The zero-order valence-electron chi connectivity index (χ0n) is 8.14. The summed E-state index contributed by atoms with van der Waals surface area (Å²) in [5, 5.41) is 17.1. The van der Waals surface area contributed by atoms with Crippen LogP contribution in [0, 0.1) is 11.6 Å². The fourth-order valence-corrected chi connectivity index (χ4v) is 0.835. The second-order valence-corrected chi connectivity index (χ2v) is 2.81. The zero-order valence-corrected chi connectivity index (χ0v) is 8.14. The Labute approximate surface area is 90.6 Å². The topological polar surface area (TPSA) is 53.4 Å². The third-order valence-corrected chi connectivity index (χ3v) is 1.56. The molecule has 0 aliphatic carbocycles. The summed E-state index contributed by atoms with van der Waals surface area (Å²) in [4.78, 5) is 3.63. The van der Waals surface area contributed by atoms with Gasteiger partial charge in [0, 0.05) is 12.3 Å². The van der Waals surface area contributed by atoms with Crippen molar-refractivity contribution in [1.29, 1.82) is 0 Å². The van der Waals surface area contributed by atoms with Gasteiger partial charge in [-0.25, -0.2) is 8.78 Å². The van der Waals surface area contributed by atoms with Crippen LogP contribution in [0.3, 0.4) is 0 Å². The molecule has 0 saturated carbocycles. The lowest BCUT2D eigenvalue weighted by molar-refractivity contribution is 0.428. The standard InChI is InChI=1S/C6H4F2O.C5H5NO/c7-4-1-2-6(9)5(8)3-4;7-5-2-1-3-6-4-5/h1-3,9H;1-4,7H. The van der Waals surface area contributed by atoms with Gasteiger partial charge in [0.15, 0.2) is 11.6 Å². The predicted octanol–water partition coefficient (Wildman–Crippen LogP) is 2.46. The van der Waals surface area contributed by atoms with Gasteiger partial charge in [-0.15, -0.1) is 0 Å².